The first-order valence-corrected chi connectivity index (χ1v) is 12.1. The molecule has 2 fully saturated rings. The molecule has 9 N–H and O–H groups in total. The summed E-state index contributed by atoms with van der Waals surface area (Å²) in [5.41, 5.74) is 0.389. The van der Waals surface area contributed by atoms with Gasteiger partial charge in [-0.3, -0.25) is 4.79 Å². The molecule has 0 spiro atoms. The number of rotatable bonds is 7. The third-order valence-corrected chi connectivity index (χ3v) is 6.89. The third kappa shape index (κ3) is 5.40. The number of fused-ring (bicyclic) bond motifs is 1. The molecule has 2 heterocycles. The Morgan fingerprint density at radius 2 is 1.31 bits per heavy atom. The summed E-state index contributed by atoms with van der Waals surface area (Å²) in [7, 11) is 0. The van der Waals surface area contributed by atoms with Crippen molar-refractivity contribution in [3.05, 3.63) is 29.3 Å². The molecule has 0 bridgehead atoms. The number of phenolic OH excluding ortho intramolecular Hbond substituents is 1. The summed E-state index contributed by atoms with van der Waals surface area (Å²) in [6.45, 7) is 1.43. The molecule has 10 unspecified atom stereocenters. The van der Waals surface area contributed by atoms with Gasteiger partial charge in [-0.15, -0.1) is 0 Å². The number of carbonyl (C=O) groups is 1. The second-order valence-corrected chi connectivity index (χ2v) is 9.62. The van der Waals surface area contributed by atoms with Crippen LogP contribution >= 0.6 is 0 Å². The largest absolute Gasteiger partial charge is 0.506 e. The van der Waals surface area contributed by atoms with Gasteiger partial charge in [0.05, 0.1) is 24.2 Å². The van der Waals surface area contributed by atoms with Gasteiger partial charge in [-0.2, -0.15) is 0 Å². The van der Waals surface area contributed by atoms with Crippen LogP contribution in [0, 0.1) is 6.92 Å². The molecule has 0 amide bonds. The summed E-state index contributed by atoms with van der Waals surface area (Å²) in [6.07, 6.45) is -16.0. The van der Waals surface area contributed by atoms with Gasteiger partial charge in [0.2, 0.25) is 12.6 Å². The van der Waals surface area contributed by atoms with Crippen molar-refractivity contribution in [2.75, 3.05) is 13.2 Å². The third-order valence-electron chi connectivity index (χ3n) is 6.89. The molecular weight excluding hydrogens is 524 g/mol. The van der Waals surface area contributed by atoms with Crippen LogP contribution < -0.4 is 9.47 Å². The average molecular weight is 557 g/mol. The molecule has 2 saturated heterocycles. The van der Waals surface area contributed by atoms with E-state index < -0.39 is 86.2 Å². The SMILES string of the molecule is CC(=O)c1c(C)cc2cc(OC3OC(CO)C(O)C(O)C3O)cc(OC3OC(CO)C(O)C(O)C3O)c2c1O. The molecule has 0 radical (unpaired) electrons. The molecule has 14 nitrogen and oxygen atoms in total. The Labute approximate surface area is 221 Å². The van der Waals surface area contributed by atoms with Crippen molar-refractivity contribution in [1.29, 1.82) is 0 Å². The van der Waals surface area contributed by atoms with Crippen molar-refractivity contribution in [3.63, 3.8) is 0 Å². The highest BCUT2D eigenvalue weighted by molar-refractivity contribution is 6.07. The number of phenols is 1. The van der Waals surface area contributed by atoms with Crippen LogP contribution in [0.15, 0.2) is 18.2 Å². The number of aryl methyl sites for hydroxylation is 1. The van der Waals surface area contributed by atoms with Crippen molar-refractivity contribution in [3.8, 4) is 17.2 Å². The Hall–Kier alpha value is -2.63. The van der Waals surface area contributed by atoms with E-state index >= 15 is 0 Å². The maximum atomic E-state index is 12.2. The number of ether oxygens (including phenoxy) is 4. The topological polar surface area (TPSA) is 236 Å². The Morgan fingerprint density at radius 3 is 1.79 bits per heavy atom. The van der Waals surface area contributed by atoms with Crippen LogP contribution in [0.1, 0.15) is 22.8 Å². The first-order valence-electron chi connectivity index (χ1n) is 12.1. The second kappa shape index (κ2) is 11.5. The minimum atomic E-state index is -1.80. The lowest BCUT2D eigenvalue weighted by Gasteiger charge is -2.40. The number of Topliss-reactive ketones (excluding diaryl/α,β-unsaturated/α-hetero) is 1. The van der Waals surface area contributed by atoms with Gasteiger partial charge in [-0.1, -0.05) is 6.07 Å². The van der Waals surface area contributed by atoms with Crippen LogP contribution in [-0.2, 0) is 9.47 Å². The van der Waals surface area contributed by atoms with Gasteiger partial charge in [0.25, 0.3) is 0 Å². The first-order chi connectivity index (χ1) is 18.4. The Balaban J connectivity index is 1.79. The fraction of sp³-hybridized carbons (Fsp3) is 0.560. The van der Waals surface area contributed by atoms with Gasteiger partial charge in [0.1, 0.15) is 66.1 Å². The maximum Gasteiger partial charge on any atom is 0.229 e. The van der Waals surface area contributed by atoms with Crippen molar-refractivity contribution < 1.29 is 69.7 Å². The maximum absolute atomic E-state index is 12.2. The minimum absolute atomic E-state index is 0.0103. The predicted molar refractivity (Wildman–Crippen MR) is 129 cm³/mol. The minimum Gasteiger partial charge on any atom is -0.506 e. The Bertz CT molecular complexity index is 1200. The summed E-state index contributed by atoms with van der Waals surface area (Å²) < 4.78 is 22.3. The van der Waals surface area contributed by atoms with Crippen molar-refractivity contribution in [2.24, 2.45) is 0 Å². The van der Waals surface area contributed by atoms with E-state index in [4.69, 9.17) is 18.9 Å². The summed E-state index contributed by atoms with van der Waals surface area (Å²) in [5.74, 6) is -1.21. The summed E-state index contributed by atoms with van der Waals surface area (Å²) in [6, 6.07) is 4.11. The van der Waals surface area contributed by atoms with Crippen LogP contribution in [0.25, 0.3) is 10.8 Å². The molecular formula is C25H32O14. The highest BCUT2D eigenvalue weighted by Crippen LogP contribution is 2.42. The van der Waals surface area contributed by atoms with Gasteiger partial charge in [-0.05, 0) is 30.9 Å². The van der Waals surface area contributed by atoms with Gasteiger partial charge in [-0.25, -0.2) is 0 Å². The molecule has 216 valence electrons. The molecule has 0 aromatic heterocycles. The Morgan fingerprint density at radius 1 is 0.795 bits per heavy atom. The van der Waals surface area contributed by atoms with E-state index in [2.05, 4.69) is 0 Å². The number of ketones is 1. The molecule has 4 rings (SSSR count). The van der Waals surface area contributed by atoms with Crippen molar-refractivity contribution in [2.45, 2.75) is 75.3 Å². The van der Waals surface area contributed by atoms with Gasteiger partial charge in [0.15, 0.2) is 5.78 Å². The quantitative estimate of drug-likeness (QED) is 0.159. The van der Waals surface area contributed by atoms with Crippen LogP contribution in [0.3, 0.4) is 0 Å². The molecule has 10 atom stereocenters. The number of hydrogen-bond donors (Lipinski definition) is 9. The van der Waals surface area contributed by atoms with Gasteiger partial charge in [0, 0.05) is 6.07 Å². The number of aliphatic hydroxyl groups excluding tert-OH is 8. The normalized spacial score (nSPS) is 35.1. The van der Waals surface area contributed by atoms with Crippen LogP contribution in [0.2, 0.25) is 0 Å². The zero-order chi connectivity index (χ0) is 28.8. The summed E-state index contributed by atoms with van der Waals surface area (Å²) >= 11 is 0. The van der Waals surface area contributed by atoms with Crippen LogP contribution in [-0.4, -0.2) is 126 Å². The van der Waals surface area contributed by atoms with Crippen LogP contribution in [0.4, 0.5) is 0 Å². The van der Waals surface area contributed by atoms with Gasteiger partial charge < -0.3 is 64.9 Å². The molecule has 2 aromatic rings. The zero-order valence-electron chi connectivity index (χ0n) is 21.0. The highest BCUT2D eigenvalue weighted by Gasteiger charge is 2.46. The fourth-order valence-electron chi connectivity index (χ4n) is 4.79. The van der Waals surface area contributed by atoms with E-state index in [0.717, 1.165) is 0 Å². The van der Waals surface area contributed by atoms with E-state index in [1.54, 1.807) is 6.92 Å². The molecule has 39 heavy (non-hydrogen) atoms. The molecule has 14 heteroatoms. The lowest BCUT2D eigenvalue weighted by molar-refractivity contribution is -0.278. The number of carbonyl (C=O) groups excluding carboxylic acids is 1. The van der Waals surface area contributed by atoms with E-state index in [1.165, 1.54) is 25.1 Å². The predicted octanol–water partition coefficient (Wildman–Crippen LogP) is -2.59. The molecule has 0 aliphatic carbocycles. The average Bonchev–Trinajstić information content (AvgIpc) is 2.88. The van der Waals surface area contributed by atoms with Crippen molar-refractivity contribution in [1.82, 2.24) is 0 Å². The second-order valence-electron chi connectivity index (χ2n) is 9.62. The standard InChI is InChI=1S/C25H32O14/c1-8-3-10-4-11(36-24-22(34)20(32)17(29)13(6-26)38-24)5-12(16(10)19(31)15(8)9(2)28)37-25-23(35)21(33)18(30)14(7-27)39-25/h3-5,13-14,17-18,20-27,29-35H,6-7H2,1-2H3. The highest BCUT2D eigenvalue weighted by atomic mass is 16.7. The smallest absolute Gasteiger partial charge is 0.229 e. The first kappa shape index (κ1) is 29.4. The van der Waals surface area contributed by atoms with E-state index in [0.29, 0.717) is 5.56 Å². The monoisotopic (exact) mass is 556 g/mol. The Kier molecular flexibility index (Phi) is 8.63. The number of aromatic hydroxyl groups is 1. The number of aliphatic hydroxyl groups is 8. The summed E-state index contributed by atoms with van der Waals surface area (Å²) in [5, 5.41) is 91.4. The lowest BCUT2D eigenvalue weighted by atomic mass is 9.96. The van der Waals surface area contributed by atoms with Gasteiger partial charge >= 0.3 is 0 Å². The van der Waals surface area contributed by atoms with Crippen LogP contribution in [0.5, 0.6) is 17.2 Å². The number of benzene rings is 2. The fourth-order valence-corrected chi connectivity index (χ4v) is 4.79. The van der Waals surface area contributed by atoms with Crippen molar-refractivity contribution >= 4 is 16.6 Å². The van der Waals surface area contributed by atoms with E-state index in [9.17, 15) is 50.8 Å². The van der Waals surface area contributed by atoms with E-state index in [1.807, 2.05) is 0 Å². The number of hydrogen-bond acceptors (Lipinski definition) is 14. The summed E-state index contributed by atoms with van der Waals surface area (Å²) in [4.78, 5) is 12.2. The molecule has 2 aliphatic rings. The molecule has 0 saturated carbocycles. The zero-order valence-corrected chi connectivity index (χ0v) is 21.0. The lowest BCUT2D eigenvalue weighted by Crippen LogP contribution is -2.60. The molecule has 2 aliphatic heterocycles. The van der Waals surface area contributed by atoms with E-state index in [-0.39, 0.29) is 27.8 Å². The molecule has 2 aromatic carbocycles.